The third kappa shape index (κ3) is 3.92. The predicted octanol–water partition coefficient (Wildman–Crippen LogP) is 12.1. The molecule has 0 spiro atoms. The zero-order valence-electron chi connectivity index (χ0n) is 26.5. The second kappa shape index (κ2) is 10.3. The molecule has 2 atom stereocenters. The second-order valence-corrected chi connectivity index (χ2v) is 14.2. The Balaban J connectivity index is 1.12. The molecule has 7 aromatic carbocycles. The molecule has 1 aliphatic carbocycles. The Morgan fingerprint density at radius 2 is 1.35 bits per heavy atom. The van der Waals surface area contributed by atoms with Gasteiger partial charge in [-0.15, -0.1) is 11.3 Å². The summed E-state index contributed by atoms with van der Waals surface area (Å²) in [5.41, 5.74) is 9.75. The third-order valence-corrected chi connectivity index (χ3v) is 11.6. The number of fused-ring (bicyclic) bond motifs is 11. The van der Waals surface area contributed by atoms with Gasteiger partial charge >= 0.3 is 0 Å². The minimum atomic E-state index is 0.208. The molecule has 0 saturated heterocycles. The lowest BCUT2D eigenvalue weighted by Gasteiger charge is -2.29. The van der Waals surface area contributed by atoms with Gasteiger partial charge in [0.15, 0.2) is 0 Å². The number of rotatable bonds is 3. The van der Waals surface area contributed by atoms with Crippen LogP contribution < -0.4 is 4.90 Å². The SMILES string of the molecule is C1=CC2c3cc4c5ccccc5n(-c5ccccc5)c4cc3N(c3ccc4c(ccc5ccc6sc(-c7ccccc7)nc6c54)c3)C2C=C1. The van der Waals surface area contributed by atoms with Crippen LogP contribution in [0, 0.1) is 0 Å². The second-order valence-electron chi connectivity index (χ2n) is 13.1. The van der Waals surface area contributed by atoms with Crippen LogP contribution in [0.2, 0.25) is 0 Å². The van der Waals surface area contributed by atoms with E-state index in [1.807, 2.05) is 0 Å². The molecule has 49 heavy (non-hydrogen) atoms. The van der Waals surface area contributed by atoms with Crippen LogP contribution in [0.5, 0.6) is 0 Å². The summed E-state index contributed by atoms with van der Waals surface area (Å²) in [6, 6.07) is 51.2. The maximum Gasteiger partial charge on any atom is 0.124 e. The summed E-state index contributed by atoms with van der Waals surface area (Å²) in [5.74, 6) is 0.279. The van der Waals surface area contributed by atoms with Crippen molar-refractivity contribution in [3.8, 4) is 16.3 Å². The van der Waals surface area contributed by atoms with Crippen LogP contribution in [0.1, 0.15) is 11.5 Å². The van der Waals surface area contributed by atoms with E-state index in [0.29, 0.717) is 0 Å². The Labute approximate surface area is 287 Å². The Bertz CT molecular complexity index is 2840. The van der Waals surface area contributed by atoms with Crippen molar-refractivity contribution in [3.63, 3.8) is 0 Å². The van der Waals surface area contributed by atoms with Crippen molar-refractivity contribution in [2.24, 2.45) is 0 Å². The van der Waals surface area contributed by atoms with Crippen molar-refractivity contribution in [2.75, 3.05) is 4.90 Å². The summed E-state index contributed by atoms with van der Waals surface area (Å²) in [7, 11) is 0. The van der Waals surface area contributed by atoms with Crippen molar-refractivity contribution >= 4 is 76.3 Å². The van der Waals surface area contributed by atoms with Gasteiger partial charge in [-0.2, -0.15) is 0 Å². The molecule has 4 heteroatoms. The molecule has 3 nitrogen and oxygen atoms in total. The normalized spacial score (nSPS) is 16.8. The van der Waals surface area contributed by atoms with Gasteiger partial charge in [0.2, 0.25) is 0 Å². The van der Waals surface area contributed by atoms with Gasteiger partial charge in [0, 0.05) is 44.7 Å². The van der Waals surface area contributed by atoms with E-state index in [1.165, 1.54) is 70.7 Å². The van der Waals surface area contributed by atoms with Crippen LogP contribution in [0.3, 0.4) is 0 Å². The average molecular weight is 644 g/mol. The van der Waals surface area contributed by atoms with Crippen molar-refractivity contribution in [2.45, 2.75) is 12.0 Å². The fourth-order valence-corrected chi connectivity index (χ4v) is 9.31. The largest absolute Gasteiger partial charge is 0.333 e. The van der Waals surface area contributed by atoms with Gasteiger partial charge < -0.3 is 9.47 Å². The first kappa shape index (κ1) is 27.0. The van der Waals surface area contributed by atoms with Crippen LogP contribution in [-0.4, -0.2) is 15.6 Å². The van der Waals surface area contributed by atoms with Gasteiger partial charge in [-0.1, -0.05) is 115 Å². The number of hydrogen-bond donors (Lipinski definition) is 0. The van der Waals surface area contributed by atoms with Gasteiger partial charge in [-0.3, -0.25) is 0 Å². The van der Waals surface area contributed by atoms with Crippen LogP contribution in [-0.2, 0) is 0 Å². The molecule has 1 aliphatic heterocycles. The van der Waals surface area contributed by atoms with E-state index in [4.69, 9.17) is 4.98 Å². The monoisotopic (exact) mass is 643 g/mol. The summed E-state index contributed by atoms with van der Waals surface area (Å²) in [4.78, 5) is 7.78. The molecular formula is C45H29N3S. The standard InChI is InChI=1S/C45H29N3S/c1-3-11-29(12-4-1)45-46-44-42(49-45)24-21-28-19-20-30-25-32(22-23-33(30)43(28)44)48-39-18-10-8-16-35(39)37-26-36-34-15-7-9-17-38(34)47(40(36)27-41(37)48)31-13-5-2-6-14-31/h1-27,35,39H. The molecule has 3 heterocycles. The zero-order chi connectivity index (χ0) is 32.1. The molecule has 0 N–H and O–H groups in total. The van der Waals surface area contributed by atoms with E-state index in [2.05, 4.69) is 173 Å². The first-order valence-corrected chi connectivity index (χ1v) is 17.7. The highest BCUT2D eigenvalue weighted by Gasteiger charge is 2.38. The van der Waals surface area contributed by atoms with Crippen LogP contribution in [0.25, 0.3) is 69.8 Å². The molecule has 230 valence electrons. The van der Waals surface area contributed by atoms with E-state index in [0.717, 1.165) is 16.1 Å². The highest BCUT2D eigenvalue weighted by molar-refractivity contribution is 7.21. The number of anilines is 2. The molecule has 9 aromatic rings. The molecule has 2 aromatic heterocycles. The maximum atomic E-state index is 5.21. The number of allylic oxidation sites excluding steroid dienone is 2. The quantitative estimate of drug-likeness (QED) is 0.179. The number of benzene rings is 7. The van der Waals surface area contributed by atoms with E-state index >= 15 is 0 Å². The molecule has 0 radical (unpaired) electrons. The van der Waals surface area contributed by atoms with Crippen LogP contribution >= 0.6 is 11.3 Å². The van der Waals surface area contributed by atoms with Crippen molar-refractivity contribution in [1.29, 1.82) is 0 Å². The molecule has 2 unspecified atom stereocenters. The first-order chi connectivity index (χ1) is 24.3. The Hall–Kier alpha value is -5.97. The topological polar surface area (TPSA) is 21.1 Å². The molecule has 0 amide bonds. The Morgan fingerprint density at radius 1 is 0.571 bits per heavy atom. The van der Waals surface area contributed by atoms with Crippen LogP contribution in [0.15, 0.2) is 164 Å². The third-order valence-electron chi connectivity index (χ3n) is 10.5. The summed E-state index contributed by atoms with van der Waals surface area (Å²) >= 11 is 1.77. The fraction of sp³-hybridized carbons (Fsp3) is 0.0444. The van der Waals surface area contributed by atoms with Gasteiger partial charge in [-0.25, -0.2) is 4.98 Å². The lowest BCUT2D eigenvalue weighted by Crippen LogP contribution is -2.28. The lowest BCUT2D eigenvalue weighted by atomic mass is 9.90. The molecule has 11 rings (SSSR count). The average Bonchev–Trinajstić information content (AvgIpc) is 3.84. The van der Waals surface area contributed by atoms with Crippen molar-refractivity contribution in [3.05, 3.63) is 169 Å². The highest BCUT2D eigenvalue weighted by Crippen LogP contribution is 2.51. The summed E-state index contributed by atoms with van der Waals surface area (Å²) in [6.45, 7) is 0. The van der Waals surface area contributed by atoms with Gasteiger partial charge in [-0.05, 0) is 70.3 Å². The van der Waals surface area contributed by atoms with Gasteiger partial charge in [0.25, 0.3) is 0 Å². The van der Waals surface area contributed by atoms with E-state index < -0.39 is 0 Å². The first-order valence-electron chi connectivity index (χ1n) is 16.9. The Morgan fingerprint density at radius 3 is 2.24 bits per heavy atom. The smallest absolute Gasteiger partial charge is 0.124 e. The maximum absolute atomic E-state index is 5.21. The predicted molar refractivity (Wildman–Crippen MR) is 208 cm³/mol. The van der Waals surface area contributed by atoms with Crippen molar-refractivity contribution < 1.29 is 0 Å². The molecule has 0 saturated carbocycles. The minimum Gasteiger partial charge on any atom is -0.333 e. The zero-order valence-corrected chi connectivity index (χ0v) is 27.3. The van der Waals surface area contributed by atoms with E-state index in [9.17, 15) is 0 Å². The number of para-hydroxylation sites is 2. The van der Waals surface area contributed by atoms with Gasteiger partial charge in [0.05, 0.1) is 27.3 Å². The number of hydrogen-bond acceptors (Lipinski definition) is 3. The van der Waals surface area contributed by atoms with Gasteiger partial charge in [0.1, 0.15) is 5.01 Å². The van der Waals surface area contributed by atoms with Crippen LogP contribution in [0.4, 0.5) is 11.4 Å². The number of thiazole rings is 1. The molecule has 0 fully saturated rings. The summed E-state index contributed by atoms with van der Waals surface area (Å²) in [6.07, 6.45) is 9.16. The molecule has 2 aliphatic rings. The van der Waals surface area contributed by atoms with E-state index in [-0.39, 0.29) is 12.0 Å². The summed E-state index contributed by atoms with van der Waals surface area (Å²) < 4.78 is 3.64. The number of aromatic nitrogens is 2. The lowest BCUT2D eigenvalue weighted by molar-refractivity contribution is 0.745. The molecular weight excluding hydrogens is 615 g/mol. The molecule has 0 bridgehead atoms. The number of nitrogens with zero attached hydrogens (tertiary/aromatic N) is 3. The van der Waals surface area contributed by atoms with E-state index in [1.54, 1.807) is 11.3 Å². The Kier molecular flexibility index (Phi) is 5.66. The minimum absolute atomic E-state index is 0.208. The summed E-state index contributed by atoms with van der Waals surface area (Å²) in [5, 5.41) is 8.57. The highest BCUT2D eigenvalue weighted by atomic mass is 32.1. The fourth-order valence-electron chi connectivity index (χ4n) is 8.33. The van der Waals surface area contributed by atoms with Crippen molar-refractivity contribution in [1.82, 2.24) is 9.55 Å².